The van der Waals surface area contributed by atoms with Gasteiger partial charge in [0.05, 0.1) is 6.33 Å². The Morgan fingerprint density at radius 2 is 1.02 bits per heavy atom. The predicted molar refractivity (Wildman–Crippen MR) is 239 cm³/mol. The van der Waals surface area contributed by atoms with E-state index in [0.29, 0.717) is 25.1 Å². The van der Waals surface area contributed by atoms with Crippen LogP contribution in [0.3, 0.4) is 0 Å². The van der Waals surface area contributed by atoms with Gasteiger partial charge >= 0.3 is 0 Å². The van der Waals surface area contributed by atoms with E-state index in [4.69, 9.17) is 5.73 Å². The van der Waals surface area contributed by atoms with Crippen molar-refractivity contribution in [1.29, 1.82) is 0 Å². The van der Waals surface area contributed by atoms with Gasteiger partial charge in [0.2, 0.25) is 35.4 Å². The van der Waals surface area contributed by atoms with Gasteiger partial charge in [-0.15, -0.1) is 0 Å². The van der Waals surface area contributed by atoms with Gasteiger partial charge in [-0.05, 0) is 60.9 Å². The fourth-order valence-electron chi connectivity index (χ4n) is 7.77. The topological polar surface area (TPSA) is 245 Å². The molecule has 10 N–H and O–H groups in total. The third kappa shape index (κ3) is 13.1. The van der Waals surface area contributed by atoms with Crippen LogP contribution < -0.4 is 37.6 Å². The maximum atomic E-state index is 14.7. The van der Waals surface area contributed by atoms with Crippen molar-refractivity contribution in [3.63, 3.8) is 0 Å². The van der Waals surface area contributed by atoms with Gasteiger partial charge in [-0.25, -0.2) is 4.98 Å². The largest absolute Gasteiger partial charge is 0.361 e. The van der Waals surface area contributed by atoms with E-state index in [-0.39, 0.29) is 44.4 Å². The zero-order valence-electron chi connectivity index (χ0n) is 35.7. The van der Waals surface area contributed by atoms with E-state index in [0.717, 1.165) is 27.6 Å². The van der Waals surface area contributed by atoms with Crippen LogP contribution in [0.5, 0.6) is 0 Å². The molecule has 0 saturated carbocycles. The number of aromatic nitrogens is 3. The number of nitrogens with zero attached hydrogens (tertiary/aromatic N) is 1. The molecule has 0 aliphatic carbocycles. The highest BCUT2D eigenvalue weighted by Gasteiger charge is 2.36. The molecule has 5 aromatic rings. The molecule has 3 aromatic carbocycles. The summed E-state index contributed by atoms with van der Waals surface area (Å²) in [5.74, 6) is -3.90. The van der Waals surface area contributed by atoms with E-state index in [1.807, 2.05) is 98.8 Å². The fraction of sp³-hybridized carbons (Fsp3) is 0.383. The van der Waals surface area contributed by atoms with Crippen LogP contribution in [0, 0.1) is 5.92 Å². The normalized spacial score (nSPS) is 22.0. The zero-order valence-corrected chi connectivity index (χ0v) is 35.7. The van der Waals surface area contributed by atoms with E-state index in [1.54, 1.807) is 6.20 Å². The number of para-hydroxylation sites is 1. The number of hydrogen-bond donors (Lipinski definition) is 9. The molecule has 1 aliphatic rings. The lowest BCUT2D eigenvalue weighted by Crippen LogP contribution is -2.62. The number of nitrogens with one attached hydrogen (secondary N) is 8. The van der Waals surface area contributed by atoms with Crippen molar-refractivity contribution in [2.45, 2.75) is 101 Å². The first kappa shape index (κ1) is 45.7. The lowest BCUT2D eigenvalue weighted by atomic mass is 9.99. The molecule has 6 amide bonds. The Bertz CT molecular complexity index is 2300. The molecule has 16 nitrogen and oxygen atoms in total. The average Bonchev–Trinajstić information content (AvgIpc) is 3.95. The first-order valence-corrected chi connectivity index (χ1v) is 21.6. The van der Waals surface area contributed by atoms with Gasteiger partial charge in [-0.2, -0.15) is 0 Å². The van der Waals surface area contributed by atoms with Gasteiger partial charge in [0.1, 0.15) is 36.3 Å². The maximum Gasteiger partial charge on any atom is 0.243 e. The summed E-state index contributed by atoms with van der Waals surface area (Å²) < 4.78 is 0. The first-order chi connectivity index (χ1) is 30.5. The van der Waals surface area contributed by atoms with Crippen LogP contribution in [0.15, 0.2) is 104 Å². The minimum absolute atomic E-state index is 0.0157. The first-order valence-electron chi connectivity index (χ1n) is 21.6. The molecule has 0 spiro atoms. The minimum Gasteiger partial charge on any atom is -0.361 e. The van der Waals surface area contributed by atoms with Crippen LogP contribution in [-0.4, -0.2) is 93.2 Å². The molecule has 0 bridgehead atoms. The van der Waals surface area contributed by atoms with Gasteiger partial charge in [-0.1, -0.05) is 92.7 Å². The van der Waals surface area contributed by atoms with Crippen molar-refractivity contribution < 1.29 is 28.8 Å². The lowest BCUT2D eigenvalue weighted by molar-refractivity contribution is -0.136. The molecule has 2 aromatic heterocycles. The maximum absolute atomic E-state index is 14.7. The highest BCUT2D eigenvalue weighted by atomic mass is 16.2. The summed E-state index contributed by atoms with van der Waals surface area (Å²) in [6, 6.07) is 18.7. The summed E-state index contributed by atoms with van der Waals surface area (Å²) in [5.41, 5.74) is 9.41. The van der Waals surface area contributed by atoms with E-state index < -0.39 is 71.7 Å². The van der Waals surface area contributed by atoms with Crippen molar-refractivity contribution in [2.24, 2.45) is 11.7 Å². The molecule has 1 aliphatic heterocycles. The van der Waals surface area contributed by atoms with Gasteiger partial charge in [-0.3, -0.25) is 28.8 Å². The second-order valence-electron chi connectivity index (χ2n) is 16.5. The molecular formula is C47H58N10O6. The van der Waals surface area contributed by atoms with Crippen LogP contribution >= 0.6 is 0 Å². The van der Waals surface area contributed by atoms with Crippen molar-refractivity contribution in [3.05, 3.63) is 126 Å². The summed E-state index contributed by atoms with van der Waals surface area (Å²) >= 11 is 0. The van der Waals surface area contributed by atoms with Gasteiger partial charge in [0.15, 0.2) is 0 Å². The van der Waals surface area contributed by atoms with Crippen LogP contribution in [0.2, 0.25) is 0 Å². The van der Waals surface area contributed by atoms with Crippen LogP contribution in [0.25, 0.3) is 10.9 Å². The van der Waals surface area contributed by atoms with Crippen molar-refractivity contribution in [2.75, 3.05) is 6.54 Å². The third-order valence-corrected chi connectivity index (χ3v) is 11.1. The Balaban J connectivity index is 1.42. The summed E-state index contributed by atoms with van der Waals surface area (Å²) in [6.07, 6.45) is 6.29. The zero-order chi connectivity index (χ0) is 44.7. The number of carbonyl (C=O) groups excluding carboxylic acids is 6. The molecule has 3 heterocycles. The Morgan fingerprint density at radius 3 is 1.56 bits per heavy atom. The molecule has 63 heavy (non-hydrogen) atoms. The van der Waals surface area contributed by atoms with E-state index in [2.05, 4.69) is 46.9 Å². The Kier molecular flexibility index (Phi) is 16.2. The number of unbranched alkanes of at least 4 members (excludes halogenated alkanes) is 1. The number of fused-ring (bicyclic) bond motifs is 1. The molecule has 16 heteroatoms. The van der Waals surface area contributed by atoms with E-state index in [1.165, 1.54) is 12.5 Å². The van der Waals surface area contributed by atoms with Crippen molar-refractivity contribution in [3.8, 4) is 0 Å². The summed E-state index contributed by atoms with van der Waals surface area (Å²) in [4.78, 5) is 97.0. The minimum atomic E-state index is -1.23. The Morgan fingerprint density at radius 1 is 0.540 bits per heavy atom. The van der Waals surface area contributed by atoms with Gasteiger partial charge in [0.25, 0.3) is 0 Å². The third-order valence-electron chi connectivity index (χ3n) is 11.1. The van der Waals surface area contributed by atoms with Crippen LogP contribution in [0.1, 0.15) is 61.9 Å². The van der Waals surface area contributed by atoms with Crippen LogP contribution in [-0.2, 0) is 54.5 Å². The van der Waals surface area contributed by atoms with Crippen molar-refractivity contribution >= 4 is 46.3 Å². The molecule has 6 atom stereocenters. The standard InChI is InChI=1S/C47H58N10O6/c1-29(2)21-37-43(59)57-41(25-33-27-49-28-51-33)47(63)52-36(19-11-12-20-48)42(58)56-40(24-32-26-50-35-18-10-9-17-34(32)35)46(62)55-39(23-31-15-7-4-8-16-31)45(61)54-38(44(60)53-37)22-30-13-5-3-6-14-30/h3-10,13-18,26-29,36-41,50H,11-12,19-25,48H2,1-2H3,(H,49,51)(H,52,63)(H,53,60)(H,54,61)(H,55,62)(H,56,58)(H,57,59)/t36-,37-,38+,39-,40+,41+/m0/s1. The molecular weight excluding hydrogens is 801 g/mol. The Hall–Kier alpha value is -6.81. The number of hydrogen-bond acceptors (Lipinski definition) is 8. The predicted octanol–water partition coefficient (Wildman–Crippen LogP) is 2.26. The Labute approximate surface area is 366 Å². The monoisotopic (exact) mass is 858 g/mol. The average molecular weight is 859 g/mol. The number of aromatic amines is 2. The smallest absolute Gasteiger partial charge is 0.243 e. The number of rotatable bonds is 14. The quantitative estimate of drug-likeness (QED) is 0.0749. The number of benzene rings is 3. The second kappa shape index (κ2) is 22.3. The molecule has 0 unspecified atom stereocenters. The number of H-pyrrole nitrogens is 2. The van der Waals surface area contributed by atoms with E-state index >= 15 is 0 Å². The number of carbonyl (C=O) groups is 6. The molecule has 6 rings (SSSR count). The van der Waals surface area contributed by atoms with E-state index in [9.17, 15) is 28.8 Å². The molecule has 1 fully saturated rings. The number of amides is 6. The number of nitrogens with two attached hydrogens (primary N) is 1. The highest BCUT2D eigenvalue weighted by molar-refractivity contribution is 5.98. The van der Waals surface area contributed by atoms with Gasteiger partial charge < -0.3 is 47.6 Å². The highest BCUT2D eigenvalue weighted by Crippen LogP contribution is 2.20. The SMILES string of the molecule is CC(C)C[C@@H]1NC(=O)[C@@H](Cc2ccccc2)NC(=O)[C@H](Cc2ccccc2)NC(=O)[C@@H](Cc2c[nH]c3ccccc23)NC(=O)[C@H](CCCCN)NC(=O)[C@@H](Cc2cnc[nH]2)NC1=O. The second-order valence-corrected chi connectivity index (χ2v) is 16.5. The molecule has 332 valence electrons. The van der Waals surface area contributed by atoms with Crippen LogP contribution in [0.4, 0.5) is 0 Å². The lowest BCUT2D eigenvalue weighted by Gasteiger charge is -2.29. The summed E-state index contributed by atoms with van der Waals surface area (Å²) in [5, 5.41) is 18.1. The molecule has 0 radical (unpaired) electrons. The fourth-order valence-corrected chi connectivity index (χ4v) is 7.77. The summed E-state index contributed by atoms with van der Waals surface area (Å²) in [6.45, 7) is 4.15. The van der Waals surface area contributed by atoms with Crippen molar-refractivity contribution in [1.82, 2.24) is 46.9 Å². The van der Waals surface area contributed by atoms with Gasteiger partial charge in [0, 0.05) is 54.7 Å². The number of imidazole rings is 1. The summed E-state index contributed by atoms with van der Waals surface area (Å²) in [7, 11) is 0. The molecule has 1 saturated heterocycles.